The molecular formula is C29H56N4O9. The second-order valence-electron chi connectivity index (χ2n) is 13.3. The van der Waals surface area contributed by atoms with E-state index in [0.717, 1.165) is 13.1 Å². The van der Waals surface area contributed by atoms with E-state index in [1.165, 1.54) is 0 Å². The van der Waals surface area contributed by atoms with Gasteiger partial charge in [-0.3, -0.25) is 14.7 Å². The van der Waals surface area contributed by atoms with Crippen LogP contribution in [0.15, 0.2) is 0 Å². The van der Waals surface area contributed by atoms with E-state index >= 15 is 0 Å². The molecule has 13 nitrogen and oxygen atoms in total. The number of ether oxygens (including phenoxy) is 6. The molecule has 4 heterocycles. The van der Waals surface area contributed by atoms with Gasteiger partial charge in [0.1, 0.15) is 0 Å². The van der Waals surface area contributed by atoms with E-state index in [1.54, 1.807) is 0 Å². The average Bonchev–Trinajstić information content (AvgIpc) is 3.21. The van der Waals surface area contributed by atoms with Crippen LogP contribution < -0.4 is 5.32 Å². The Morgan fingerprint density at radius 1 is 0.452 bits per heavy atom. The molecule has 42 heavy (non-hydrogen) atoms. The van der Waals surface area contributed by atoms with E-state index in [2.05, 4.69) is 20.0 Å². The number of nitrogens with zero attached hydrogens (tertiary/aromatic N) is 3. The van der Waals surface area contributed by atoms with Crippen molar-refractivity contribution in [2.45, 2.75) is 95.3 Å². The molecule has 0 radical (unpaired) electrons. The topological polar surface area (TPSA) is 138 Å². The minimum absolute atomic E-state index is 0.175. The number of aliphatic hydroxyl groups is 3. The van der Waals surface area contributed by atoms with Gasteiger partial charge < -0.3 is 49.1 Å². The SMILES string of the molecule is CC1(C)OCC(O)C(N2CCNCCN(C3COC(C)(C)OCC3O)CCN(C3COC(C)(C)OCC3O)CC2)CO1. The third-order valence-electron chi connectivity index (χ3n) is 8.85. The van der Waals surface area contributed by atoms with Gasteiger partial charge in [-0.05, 0) is 41.5 Å². The van der Waals surface area contributed by atoms with Crippen molar-refractivity contribution in [2.75, 3.05) is 92.0 Å². The van der Waals surface area contributed by atoms with Crippen LogP contribution in [0.2, 0.25) is 0 Å². The maximum atomic E-state index is 11.2. The molecule has 246 valence electrons. The molecule has 4 saturated heterocycles. The highest BCUT2D eigenvalue weighted by Gasteiger charge is 2.39. The minimum atomic E-state index is -0.783. The Balaban J connectivity index is 1.53. The normalized spacial score (nSPS) is 38.8. The van der Waals surface area contributed by atoms with Gasteiger partial charge in [0.15, 0.2) is 17.4 Å². The van der Waals surface area contributed by atoms with Crippen LogP contribution in [0.5, 0.6) is 0 Å². The smallest absolute Gasteiger partial charge is 0.162 e. The Bertz CT molecular complexity index is 787. The monoisotopic (exact) mass is 604 g/mol. The molecule has 13 heteroatoms. The second-order valence-corrected chi connectivity index (χ2v) is 13.3. The molecule has 0 aromatic carbocycles. The van der Waals surface area contributed by atoms with E-state index in [-0.39, 0.29) is 37.9 Å². The van der Waals surface area contributed by atoms with Gasteiger partial charge >= 0.3 is 0 Å². The number of hydrogen-bond acceptors (Lipinski definition) is 13. The number of hydrogen-bond donors (Lipinski definition) is 4. The predicted molar refractivity (Wildman–Crippen MR) is 155 cm³/mol. The molecule has 6 unspecified atom stereocenters. The Hall–Kier alpha value is -0.520. The lowest BCUT2D eigenvalue weighted by atomic mass is 10.1. The first-order chi connectivity index (χ1) is 19.8. The summed E-state index contributed by atoms with van der Waals surface area (Å²) in [4.78, 5) is 6.79. The van der Waals surface area contributed by atoms with Crippen molar-refractivity contribution < 1.29 is 43.7 Å². The highest BCUT2D eigenvalue weighted by atomic mass is 16.7. The molecule has 0 aromatic rings. The van der Waals surface area contributed by atoms with Gasteiger partial charge in [0, 0.05) is 52.4 Å². The summed E-state index contributed by atoms with van der Waals surface area (Å²) >= 11 is 0. The number of aliphatic hydroxyl groups excluding tert-OH is 3. The van der Waals surface area contributed by atoms with Crippen LogP contribution in [0.25, 0.3) is 0 Å². The third-order valence-corrected chi connectivity index (χ3v) is 8.85. The summed E-state index contributed by atoms with van der Waals surface area (Å²) in [5, 5.41) is 36.8. The molecule has 4 rings (SSSR count). The van der Waals surface area contributed by atoms with E-state index in [0.29, 0.717) is 59.1 Å². The minimum Gasteiger partial charge on any atom is -0.389 e. The fourth-order valence-electron chi connectivity index (χ4n) is 5.97. The van der Waals surface area contributed by atoms with Crippen molar-refractivity contribution in [2.24, 2.45) is 0 Å². The summed E-state index contributed by atoms with van der Waals surface area (Å²) in [5.41, 5.74) is 0. The Labute approximate surface area is 251 Å². The van der Waals surface area contributed by atoms with Crippen LogP contribution in [-0.4, -0.2) is 176 Å². The molecule has 4 aliphatic rings. The van der Waals surface area contributed by atoms with Gasteiger partial charge in [0.05, 0.1) is 76.1 Å². The average molecular weight is 605 g/mol. The lowest BCUT2D eigenvalue weighted by molar-refractivity contribution is -0.205. The molecular weight excluding hydrogens is 548 g/mol. The van der Waals surface area contributed by atoms with Gasteiger partial charge in [-0.25, -0.2) is 0 Å². The van der Waals surface area contributed by atoms with E-state index in [1.807, 2.05) is 41.5 Å². The molecule has 4 aliphatic heterocycles. The summed E-state index contributed by atoms with van der Waals surface area (Å²) in [6, 6.07) is -0.741. The quantitative estimate of drug-likeness (QED) is 0.315. The molecule has 6 atom stereocenters. The zero-order valence-corrected chi connectivity index (χ0v) is 26.5. The Morgan fingerprint density at radius 3 is 1.02 bits per heavy atom. The molecule has 4 N–H and O–H groups in total. The van der Waals surface area contributed by atoms with Gasteiger partial charge in [-0.15, -0.1) is 0 Å². The largest absolute Gasteiger partial charge is 0.389 e. The highest BCUT2D eigenvalue weighted by Crippen LogP contribution is 2.24. The second kappa shape index (κ2) is 14.7. The maximum Gasteiger partial charge on any atom is 0.162 e. The van der Waals surface area contributed by atoms with E-state index in [4.69, 9.17) is 28.4 Å². The number of nitrogens with one attached hydrogen (secondary N) is 1. The van der Waals surface area contributed by atoms with Gasteiger partial charge in [0.2, 0.25) is 0 Å². The molecule has 0 aliphatic carbocycles. The molecule has 0 spiro atoms. The zero-order valence-electron chi connectivity index (χ0n) is 26.5. The molecule has 0 amide bonds. The Morgan fingerprint density at radius 2 is 0.714 bits per heavy atom. The number of rotatable bonds is 3. The van der Waals surface area contributed by atoms with Crippen LogP contribution in [-0.2, 0) is 28.4 Å². The highest BCUT2D eigenvalue weighted by molar-refractivity contribution is 4.89. The molecule has 0 bridgehead atoms. The molecule has 0 saturated carbocycles. The molecule has 0 aromatic heterocycles. The van der Waals surface area contributed by atoms with E-state index in [9.17, 15) is 15.3 Å². The van der Waals surface area contributed by atoms with Gasteiger partial charge in [0.25, 0.3) is 0 Å². The van der Waals surface area contributed by atoms with Crippen LogP contribution in [0.4, 0.5) is 0 Å². The van der Waals surface area contributed by atoms with Crippen molar-refractivity contribution >= 4 is 0 Å². The lowest BCUT2D eigenvalue weighted by Crippen LogP contribution is -2.57. The summed E-state index contributed by atoms with van der Waals surface area (Å²) in [6.45, 7) is 18.2. The van der Waals surface area contributed by atoms with Crippen LogP contribution in [0.3, 0.4) is 0 Å². The Kier molecular flexibility index (Phi) is 12.0. The van der Waals surface area contributed by atoms with Crippen molar-refractivity contribution in [3.05, 3.63) is 0 Å². The fourth-order valence-corrected chi connectivity index (χ4v) is 5.97. The maximum absolute atomic E-state index is 11.2. The van der Waals surface area contributed by atoms with Crippen molar-refractivity contribution in [3.8, 4) is 0 Å². The summed E-state index contributed by atoms with van der Waals surface area (Å²) in [7, 11) is 0. The van der Waals surface area contributed by atoms with Crippen molar-refractivity contribution in [1.82, 2.24) is 20.0 Å². The van der Waals surface area contributed by atoms with Crippen molar-refractivity contribution in [1.29, 1.82) is 0 Å². The van der Waals surface area contributed by atoms with Crippen LogP contribution in [0, 0.1) is 0 Å². The predicted octanol–water partition coefficient (Wildman–Crippen LogP) is -0.967. The van der Waals surface area contributed by atoms with Crippen LogP contribution >= 0.6 is 0 Å². The lowest BCUT2D eigenvalue weighted by Gasteiger charge is -2.40. The van der Waals surface area contributed by atoms with E-state index < -0.39 is 35.7 Å². The first-order valence-corrected chi connectivity index (χ1v) is 15.6. The summed E-state index contributed by atoms with van der Waals surface area (Å²) in [6.07, 6.45) is -2.11. The first-order valence-electron chi connectivity index (χ1n) is 15.6. The van der Waals surface area contributed by atoms with Crippen molar-refractivity contribution in [3.63, 3.8) is 0 Å². The first kappa shape index (κ1) is 34.4. The summed E-state index contributed by atoms with van der Waals surface area (Å²) < 4.78 is 35.6. The van der Waals surface area contributed by atoms with Crippen LogP contribution in [0.1, 0.15) is 41.5 Å². The van der Waals surface area contributed by atoms with Gasteiger partial charge in [-0.1, -0.05) is 0 Å². The standard InChI is InChI=1S/C29H56N4O9/c1-27(2)37-15-21(24(34)18-40-27)31-9-7-30-8-10-32(22-16-38-28(3,4)41-19-25(22)35)12-14-33(13-11-31)23-17-39-29(5,6)42-20-26(23)36/h21-26,30,34-36H,7-20H2,1-6H3. The fraction of sp³-hybridized carbons (Fsp3) is 1.00. The molecule has 4 fully saturated rings. The zero-order chi connectivity index (χ0) is 30.5. The summed E-state index contributed by atoms with van der Waals surface area (Å²) in [5.74, 6) is -2.29. The third kappa shape index (κ3) is 9.74. The van der Waals surface area contributed by atoms with Gasteiger partial charge in [-0.2, -0.15) is 0 Å².